The van der Waals surface area contributed by atoms with E-state index in [0.29, 0.717) is 0 Å². The summed E-state index contributed by atoms with van der Waals surface area (Å²) in [6.07, 6.45) is 15.0. The van der Waals surface area contributed by atoms with Gasteiger partial charge >= 0.3 is 30.2 Å². The Morgan fingerprint density at radius 1 is 0.806 bits per heavy atom. The zero-order chi connectivity index (χ0) is 26.4. The second kappa shape index (κ2) is 20.5. The summed E-state index contributed by atoms with van der Waals surface area (Å²) in [7, 11) is 0. The molecular formula is C32H48Cl2SiZr-4. The van der Waals surface area contributed by atoms with E-state index in [9.17, 15) is 0 Å². The van der Waals surface area contributed by atoms with Gasteiger partial charge in [-0.05, 0) is 28.4 Å². The molecule has 0 spiro atoms. The fraction of sp³-hybridized carbons (Fsp3) is 0.438. The van der Waals surface area contributed by atoms with E-state index in [1.165, 1.54) is 33.4 Å². The van der Waals surface area contributed by atoms with Crippen LogP contribution in [-0.2, 0) is 40.6 Å². The standard InChI is InChI=1S/C21H25.C5H5.2C3H7.2ClH.H2Si.Zr/c1-20(2,3)16-7-9-18-14(12-16)11-15-13-17(21(4,5)6)8-10-19(15)18;1-2-4-5-3-1;2*1-3-2;;;;/h7-10,12H,11H2,1-6H3;1-3H,4H2;2*3H,1-2H3;2*1H;1H2;/q4*-1;;;;. The first-order valence-electron chi connectivity index (χ1n) is 12.2. The molecule has 0 heterocycles. The van der Waals surface area contributed by atoms with Gasteiger partial charge < -0.3 is 12.8 Å². The van der Waals surface area contributed by atoms with Crippen LogP contribution in [0.5, 0.6) is 0 Å². The Bertz CT molecular complexity index is 845. The molecule has 2 aromatic carbocycles. The summed E-state index contributed by atoms with van der Waals surface area (Å²) in [5, 5.41) is 0. The summed E-state index contributed by atoms with van der Waals surface area (Å²) in [6, 6.07) is 15.2. The van der Waals surface area contributed by atoms with Crippen molar-refractivity contribution >= 4 is 31.7 Å². The second-order valence-electron chi connectivity index (χ2n) is 10.5. The average molecular weight is 623 g/mol. The molecule has 4 rings (SSSR count). The molecule has 0 fully saturated rings. The first-order chi connectivity index (χ1) is 16.0. The minimum atomic E-state index is 0. The third kappa shape index (κ3) is 13.9. The molecule has 0 N–H and O–H groups in total. The van der Waals surface area contributed by atoms with Gasteiger partial charge in [0.15, 0.2) is 0 Å². The Labute approximate surface area is 253 Å². The van der Waals surface area contributed by atoms with Gasteiger partial charge in [0.25, 0.3) is 0 Å². The average Bonchev–Trinajstić information content (AvgIpc) is 3.46. The van der Waals surface area contributed by atoms with Gasteiger partial charge in [0.2, 0.25) is 0 Å². The molecule has 2 aromatic rings. The molecule has 0 saturated carbocycles. The molecule has 2 aliphatic rings. The van der Waals surface area contributed by atoms with Crippen molar-refractivity contribution in [2.24, 2.45) is 0 Å². The van der Waals surface area contributed by atoms with Gasteiger partial charge in [0.1, 0.15) is 0 Å². The van der Waals surface area contributed by atoms with Crippen LogP contribution in [0.1, 0.15) is 97.9 Å². The molecule has 2 aliphatic carbocycles. The van der Waals surface area contributed by atoms with Crippen LogP contribution in [0.15, 0.2) is 48.6 Å². The summed E-state index contributed by atoms with van der Waals surface area (Å²) in [6.45, 7) is 23.6. The van der Waals surface area contributed by atoms with Gasteiger partial charge in [-0.1, -0.05) is 65.3 Å². The van der Waals surface area contributed by atoms with Gasteiger partial charge in [-0.15, -0.1) is 42.4 Å². The van der Waals surface area contributed by atoms with Crippen LogP contribution in [0.4, 0.5) is 0 Å². The van der Waals surface area contributed by atoms with Crippen LogP contribution in [0.3, 0.4) is 0 Å². The maximum atomic E-state index is 3.67. The van der Waals surface area contributed by atoms with E-state index in [1.807, 2.05) is 59.6 Å². The Morgan fingerprint density at radius 3 is 1.72 bits per heavy atom. The fourth-order valence-electron chi connectivity index (χ4n) is 3.37. The zero-order valence-electron chi connectivity index (χ0n) is 24.2. The van der Waals surface area contributed by atoms with Crippen molar-refractivity contribution in [1.29, 1.82) is 0 Å². The van der Waals surface area contributed by atoms with Crippen LogP contribution in [0.2, 0.25) is 0 Å². The fourth-order valence-corrected chi connectivity index (χ4v) is 3.37. The number of hydrogen-bond acceptors (Lipinski definition) is 0. The van der Waals surface area contributed by atoms with E-state index >= 15 is 0 Å². The number of benzene rings is 2. The van der Waals surface area contributed by atoms with Crippen molar-refractivity contribution in [3.8, 4) is 11.1 Å². The van der Waals surface area contributed by atoms with Crippen LogP contribution in [0, 0.1) is 25.0 Å². The number of hydrogen-bond donors (Lipinski definition) is 0. The van der Waals surface area contributed by atoms with E-state index in [-0.39, 0.29) is 35.6 Å². The summed E-state index contributed by atoms with van der Waals surface area (Å²) >= 11 is 1.58. The summed E-state index contributed by atoms with van der Waals surface area (Å²) in [5.41, 5.74) is 8.70. The Balaban J connectivity index is -0.000000609. The SMILES string of the molecule is CC(C)(C)c1[c-]c2c(cc1)-c1ccc(C(C)(C)C)cc1C2.C[CH-]C.C[CH-]C.Cl.Cl.[C-]1=CC=CC1.[SiH2]=[Zr]. The van der Waals surface area contributed by atoms with Crippen LogP contribution in [-0.4, -0.2) is 6.88 Å². The number of halogens is 2. The van der Waals surface area contributed by atoms with Crippen molar-refractivity contribution in [2.45, 2.75) is 92.9 Å². The van der Waals surface area contributed by atoms with E-state index in [1.54, 1.807) is 23.3 Å². The van der Waals surface area contributed by atoms with Crippen molar-refractivity contribution < 1.29 is 23.3 Å². The molecular weight excluding hydrogens is 575 g/mol. The second-order valence-corrected chi connectivity index (χ2v) is 10.5. The normalized spacial score (nSPS) is 11.7. The van der Waals surface area contributed by atoms with Crippen LogP contribution in [0.25, 0.3) is 11.1 Å². The predicted octanol–water partition coefficient (Wildman–Crippen LogP) is 9.34. The van der Waals surface area contributed by atoms with E-state index in [2.05, 4.69) is 90.1 Å². The van der Waals surface area contributed by atoms with E-state index < -0.39 is 0 Å². The molecule has 202 valence electrons. The van der Waals surface area contributed by atoms with Crippen LogP contribution < -0.4 is 0 Å². The van der Waals surface area contributed by atoms with Crippen molar-refractivity contribution in [3.63, 3.8) is 0 Å². The molecule has 0 nitrogen and oxygen atoms in total. The molecule has 0 saturated heterocycles. The molecule has 0 atom stereocenters. The van der Waals surface area contributed by atoms with Crippen LogP contribution >= 0.6 is 24.8 Å². The molecule has 0 aromatic heterocycles. The van der Waals surface area contributed by atoms with Gasteiger partial charge in [0.05, 0.1) is 0 Å². The molecule has 0 radical (unpaired) electrons. The number of rotatable bonds is 0. The summed E-state index contributed by atoms with van der Waals surface area (Å²) < 4.78 is 0. The quantitative estimate of drug-likeness (QED) is 0.173. The van der Waals surface area contributed by atoms with Gasteiger partial charge in [-0.25, -0.2) is 12.2 Å². The minimum absolute atomic E-state index is 0. The van der Waals surface area contributed by atoms with Crippen molar-refractivity contribution in [1.82, 2.24) is 0 Å². The molecule has 0 bridgehead atoms. The maximum absolute atomic E-state index is 3.67. The zero-order valence-corrected chi connectivity index (χ0v) is 29.7. The third-order valence-electron chi connectivity index (χ3n) is 5.05. The van der Waals surface area contributed by atoms with E-state index in [0.717, 1.165) is 12.8 Å². The topological polar surface area (TPSA) is 0 Å². The third-order valence-corrected chi connectivity index (χ3v) is 5.05. The molecule has 0 unspecified atom stereocenters. The summed E-state index contributed by atoms with van der Waals surface area (Å²) in [4.78, 5) is 0. The van der Waals surface area contributed by atoms with Gasteiger partial charge in [0, 0.05) is 0 Å². The molecule has 4 heteroatoms. The van der Waals surface area contributed by atoms with Gasteiger partial charge in [-0.3, -0.25) is 6.08 Å². The van der Waals surface area contributed by atoms with Crippen molar-refractivity contribution in [3.05, 3.63) is 95.8 Å². The Morgan fingerprint density at radius 2 is 1.33 bits per heavy atom. The molecule has 0 amide bonds. The Kier molecular flexibility index (Phi) is 22.9. The first-order valence-corrected chi connectivity index (χ1v) is 18.2. The number of allylic oxidation sites excluding steroid dienone is 4. The molecule has 0 aliphatic heterocycles. The summed E-state index contributed by atoms with van der Waals surface area (Å²) in [5.74, 6) is 0. The van der Waals surface area contributed by atoms with Gasteiger partial charge in [-0.2, -0.15) is 57.5 Å². The van der Waals surface area contributed by atoms with E-state index in [4.69, 9.17) is 0 Å². The monoisotopic (exact) mass is 620 g/mol. The Hall–Kier alpha value is -0.400. The number of fused-ring (bicyclic) bond motifs is 3. The van der Waals surface area contributed by atoms with Crippen molar-refractivity contribution in [2.75, 3.05) is 0 Å². The molecule has 36 heavy (non-hydrogen) atoms. The predicted molar refractivity (Wildman–Crippen MR) is 167 cm³/mol. The first kappa shape index (κ1) is 40.1.